The number of rotatable bonds is 7. The van der Waals surface area contributed by atoms with Crippen LogP contribution in [0.2, 0.25) is 0 Å². The molecule has 6 heteroatoms. The molecule has 1 amide bonds. The van der Waals surface area contributed by atoms with Gasteiger partial charge < -0.3 is 10.1 Å². The Morgan fingerprint density at radius 1 is 1.41 bits per heavy atom. The first kappa shape index (κ1) is 16.7. The summed E-state index contributed by atoms with van der Waals surface area (Å²) in [6.45, 7) is 2.27. The molecule has 0 bridgehead atoms. The fraction of sp³-hybridized carbons (Fsp3) is 0.562. The van der Waals surface area contributed by atoms with Gasteiger partial charge >= 0.3 is 5.97 Å². The number of amides is 1. The summed E-state index contributed by atoms with van der Waals surface area (Å²) in [5, 5.41) is 5.53. The Morgan fingerprint density at radius 3 is 2.95 bits per heavy atom. The maximum Gasteiger partial charge on any atom is 0.312 e. The number of nitrogens with one attached hydrogen (secondary N) is 1. The largest absolute Gasteiger partial charge is 0.455 e. The number of esters is 1. The Bertz CT molecular complexity index is 551. The molecule has 0 atom stereocenters. The van der Waals surface area contributed by atoms with Gasteiger partial charge in [-0.2, -0.15) is 0 Å². The molecule has 0 saturated heterocycles. The van der Waals surface area contributed by atoms with Crippen LogP contribution in [0.1, 0.15) is 42.8 Å². The van der Waals surface area contributed by atoms with Gasteiger partial charge in [-0.25, -0.2) is 4.98 Å². The third-order valence-corrected chi connectivity index (χ3v) is 4.33. The average Bonchev–Trinajstić information content (AvgIpc) is 2.91. The third kappa shape index (κ3) is 5.97. The molecule has 1 heterocycles. The quantitative estimate of drug-likeness (QED) is 0.619. The van der Waals surface area contributed by atoms with Crippen molar-refractivity contribution < 1.29 is 14.3 Å². The zero-order valence-electron chi connectivity index (χ0n) is 12.9. The number of hydrogen-bond donors (Lipinski definition) is 1. The van der Waals surface area contributed by atoms with E-state index in [2.05, 4.69) is 16.4 Å². The Hall–Kier alpha value is -1.69. The lowest BCUT2D eigenvalue weighted by Crippen LogP contribution is -2.30. The Balaban J connectivity index is 1.58. The highest BCUT2D eigenvalue weighted by Gasteiger charge is 2.10. The molecular weight excluding hydrogens is 300 g/mol. The van der Waals surface area contributed by atoms with Gasteiger partial charge in [-0.1, -0.05) is 11.6 Å². The van der Waals surface area contributed by atoms with Gasteiger partial charge in [0, 0.05) is 11.9 Å². The van der Waals surface area contributed by atoms with E-state index >= 15 is 0 Å². The van der Waals surface area contributed by atoms with Crippen LogP contribution in [0.25, 0.3) is 0 Å². The molecule has 120 valence electrons. The van der Waals surface area contributed by atoms with Crippen molar-refractivity contribution in [3.63, 3.8) is 0 Å². The predicted octanol–water partition coefficient (Wildman–Crippen LogP) is 2.54. The molecule has 22 heavy (non-hydrogen) atoms. The van der Waals surface area contributed by atoms with E-state index in [-0.39, 0.29) is 18.9 Å². The first-order valence-electron chi connectivity index (χ1n) is 7.65. The minimum Gasteiger partial charge on any atom is -0.455 e. The van der Waals surface area contributed by atoms with Crippen molar-refractivity contribution in [1.82, 2.24) is 10.3 Å². The van der Waals surface area contributed by atoms with Crippen LogP contribution >= 0.6 is 11.3 Å². The smallest absolute Gasteiger partial charge is 0.312 e. The predicted molar refractivity (Wildman–Crippen MR) is 85.7 cm³/mol. The van der Waals surface area contributed by atoms with Crippen LogP contribution < -0.4 is 5.32 Å². The molecular formula is C16H22N2O3S. The number of aromatic nitrogens is 1. The normalized spacial score (nSPS) is 14.3. The van der Waals surface area contributed by atoms with E-state index in [4.69, 9.17) is 4.74 Å². The maximum atomic E-state index is 11.6. The van der Waals surface area contributed by atoms with Gasteiger partial charge in [0.2, 0.25) is 0 Å². The molecule has 0 aromatic carbocycles. The van der Waals surface area contributed by atoms with Crippen LogP contribution in [0, 0.1) is 6.92 Å². The topological polar surface area (TPSA) is 68.3 Å². The summed E-state index contributed by atoms with van der Waals surface area (Å²) < 4.78 is 4.96. The summed E-state index contributed by atoms with van der Waals surface area (Å²) in [4.78, 5) is 27.4. The molecule has 1 aromatic rings. The number of ether oxygens (including phenoxy) is 1. The lowest BCUT2D eigenvalue weighted by atomic mass is 9.97. The minimum atomic E-state index is -0.421. The third-order valence-electron chi connectivity index (χ3n) is 3.51. The Labute approximate surface area is 134 Å². The molecule has 1 N–H and O–H groups in total. The number of thiazole rings is 1. The number of allylic oxidation sites excluding steroid dienone is 1. The van der Waals surface area contributed by atoms with Gasteiger partial charge in [0.05, 0.1) is 17.1 Å². The number of aryl methyl sites for hydroxylation is 1. The monoisotopic (exact) mass is 322 g/mol. The van der Waals surface area contributed by atoms with Crippen LogP contribution in [0.15, 0.2) is 17.0 Å². The highest BCUT2D eigenvalue weighted by molar-refractivity contribution is 7.09. The zero-order chi connectivity index (χ0) is 15.8. The van der Waals surface area contributed by atoms with Crippen molar-refractivity contribution in [3.8, 4) is 0 Å². The van der Waals surface area contributed by atoms with Crippen LogP contribution in [0.5, 0.6) is 0 Å². The minimum absolute atomic E-state index is 0.116. The summed E-state index contributed by atoms with van der Waals surface area (Å²) in [6, 6.07) is 0. The van der Waals surface area contributed by atoms with Gasteiger partial charge in [0.1, 0.15) is 0 Å². The average molecular weight is 322 g/mol. The van der Waals surface area contributed by atoms with Gasteiger partial charge in [-0.05, 0) is 39.0 Å². The summed E-state index contributed by atoms with van der Waals surface area (Å²) in [7, 11) is 0. The van der Waals surface area contributed by atoms with Gasteiger partial charge in [0.25, 0.3) is 5.91 Å². The molecule has 5 nitrogen and oxygen atoms in total. The molecule has 1 aliphatic rings. The Kier molecular flexibility index (Phi) is 6.58. The first-order chi connectivity index (χ1) is 10.6. The molecule has 0 radical (unpaired) electrons. The highest BCUT2D eigenvalue weighted by Crippen LogP contribution is 2.19. The second-order valence-corrected chi connectivity index (χ2v) is 6.47. The van der Waals surface area contributed by atoms with Gasteiger partial charge in [-0.15, -0.1) is 11.3 Å². The molecule has 2 rings (SSSR count). The van der Waals surface area contributed by atoms with E-state index in [0.29, 0.717) is 12.2 Å². The van der Waals surface area contributed by atoms with E-state index in [0.717, 1.165) is 24.3 Å². The maximum absolute atomic E-state index is 11.6. The highest BCUT2D eigenvalue weighted by atomic mass is 32.1. The number of carbonyl (C=O) groups is 2. The summed E-state index contributed by atoms with van der Waals surface area (Å²) in [5.74, 6) is -0.672. The van der Waals surface area contributed by atoms with Crippen molar-refractivity contribution in [2.45, 2.75) is 45.4 Å². The molecule has 1 aliphatic carbocycles. The van der Waals surface area contributed by atoms with Crippen molar-refractivity contribution in [2.75, 3.05) is 13.2 Å². The number of hydrogen-bond acceptors (Lipinski definition) is 5. The first-order valence-corrected chi connectivity index (χ1v) is 8.52. The van der Waals surface area contributed by atoms with Gasteiger partial charge in [0.15, 0.2) is 6.61 Å². The van der Waals surface area contributed by atoms with E-state index < -0.39 is 5.97 Å². The second kappa shape index (κ2) is 8.68. The molecule has 0 unspecified atom stereocenters. The molecule has 0 saturated carbocycles. The SMILES string of the molecule is Cc1nc(CC(=O)OCC(=O)NCCC2=CCCCC2)cs1. The number of nitrogens with zero attached hydrogens (tertiary/aromatic N) is 1. The van der Waals surface area contributed by atoms with Crippen LogP contribution in [0.4, 0.5) is 0 Å². The fourth-order valence-corrected chi connectivity index (χ4v) is 2.99. The van der Waals surface area contributed by atoms with Crippen molar-refractivity contribution in [3.05, 3.63) is 27.7 Å². The molecule has 0 aliphatic heterocycles. The van der Waals surface area contributed by atoms with Crippen LogP contribution in [-0.4, -0.2) is 30.0 Å². The zero-order valence-corrected chi connectivity index (χ0v) is 13.7. The lowest BCUT2D eigenvalue weighted by Gasteiger charge is -2.12. The van der Waals surface area contributed by atoms with Crippen LogP contribution in [0.3, 0.4) is 0 Å². The van der Waals surface area contributed by atoms with E-state index in [1.165, 1.54) is 29.8 Å². The summed E-state index contributed by atoms with van der Waals surface area (Å²) >= 11 is 1.49. The summed E-state index contributed by atoms with van der Waals surface area (Å²) in [6.07, 6.45) is 8.07. The lowest BCUT2D eigenvalue weighted by molar-refractivity contribution is -0.147. The van der Waals surface area contributed by atoms with Crippen molar-refractivity contribution >= 4 is 23.2 Å². The van der Waals surface area contributed by atoms with Crippen molar-refractivity contribution in [2.24, 2.45) is 0 Å². The van der Waals surface area contributed by atoms with E-state index in [1.54, 1.807) is 0 Å². The van der Waals surface area contributed by atoms with Crippen molar-refractivity contribution in [1.29, 1.82) is 0 Å². The standard InChI is InChI=1S/C16H22N2O3S/c1-12-18-14(11-22-12)9-16(20)21-10-15(19)17-8-7-13-5-3-2-4-6-13/h5,11H,2-4,6-10H2,1H3,(H,17,19). The molecule has 0 spiro atoms. The number of carbonyl (C=O) groups excluding carboxylic acids is 2. The summed E-state index contributed by atoms with van der Waals surface area (Å²) in [5.41, 5.74) is 2.11. The van der Waals surface area contributed by atoms with Gasteiger partial charge in [-0.3, -0.25) is 9.59 Å². The van der Waals surface area contributed by atoms with Crippen LogP contribution in [-0.2, 0) is 20.7 Å². The fourth-order valence-electron chi connectivity index (χ4n) is 2.38. The second-order valence-electron chi connectivity index (χ2n) is 5.40. The molecule has 1 aromatic heterocycles. The van der Waals surface area contributed by atoms with E-state index in [1.807, 2.05) is 12.3 Å². The van der Waals surface area contributed by atoms with E-state index in [9.17, 15) is 9.59 Å². The Morgan fingerprint density at radius 2 is 2.27 bits per heavy atom. The molecule has 0 fully saturated rings.